The monoisotopic (exact) mass is 279 g/mol. The lowest BCUT2D eigenvalue weighted by Crippen LogP contribution is -2.24. The zero-order chi connectivity index (χ0) is 14.9. The van der Waals surface area contributed by atoms with Gasteiger partial charge in [0.05, 0.1) is 7.11 Å². The Morgan fingerprint density at radius 1 is 1.35 bits per heavy atom. The summed E-state index contributed by atoms with van der Waals surface area (Å²) in [5, 5.41) is 4.49. The maximum absolute atomic E-state index is 12.2. The second-order valence-electron chi connectivity index (χ2n) is 6.71. The molecule has 0 amide bonds. The summed E-state index contributed by atoms with van der Waals surface area (Å²) in [6, 6.07) is 0. The highest BCUT2D eigenvalue weighted by Gasteiger charge is 2.37. The van der Waals surface area contributed by atoms with Crippen LogP contribution in [-0.4, -0.2) is 27.8 Å². The van der Waals surface area contributed by atoms with E-state index in [1.807, 2.05) is 7.05 Å². The fourth-order valence-electron chi connectivity index (χ4n) is 2.91. The Labute approximate surface area is 120 Å². The fourth-order valence-corrected chi connectivity index (χ4v) is 2.91. The smallest absolute Gasteiger partial charge is 0.316 e. The predicted octanol–water partition coefficient (Wildman–Crippen LogP) is 2.56. The number of esters is 1. The molecule has 1 aromatic heterocycles. The molecule has 1 fully saturated rings. The van der Waals surface area contributed by atoms with E-state index in [1.165, 1.54) is 20.0 Å². The first-order valence-corrected chi connectivity index (χ1v) is 7.34. The molecule has 0 bridgehead atoms. The van der Waals surface area contributed by atoms with Gasteiger partial charge in [0.2, 0.25) is 0 Å². The van der Waals surface area contributed by atoms with E-state index in [1.54, 1.807) is 4.68 Å². The summed E-state index contributed by atoms with van der Waals surface area (Å²) in [6.07, 6.45) is 4.50. The van der Waals surface area contributed by atoms with E-state index in [-0.39, 0.29) is 17.3 Å². The first-order valence-electron chi connectivity index (χ1n) is 7.34. The van der Waals surface area contributed by atoms with Crippen LogP contribution in [0, 0.1) is 5.92 Å². The molecule has 5 heteroatoms. The zero-order valence-electron chi connectivity index (χ0n) is 13.1. The third kappa shape index (κ3) is 2.86. The molecule has 0 aromatic carbocycles. The van der Waals surface area contributed by atoms with Crippen LogP contribution < -0.4 is 0 Å². The van der Waals surface area contributed by atoms with Crippen LogP contribution in [0.2, 0.25) is 0 Å². The van der Waals surface area contributed by atoms with Crippen molar-refractivity contribution in [2.24, 2.45) is 13.0 Å². The number of rotatable bonds is 3. The van der Waals surface area contributed by atoms with Crippen molar-refractivity contribution in [3.05, 3.63) is 11.6 Å². The van der Waals surface area contributed by atoms with E-state index in [0.29, 0.717) is 5.92 Å². The average Bonchev–Trinajstić information content (AvgIpc) is 3.00. The van der Waals surface area contributed by atoms with Crippen molar-refractivity contribution in [3.63, 3.8) is 0 Å². The van der Waals surface area contributed by atoms with Crippen LogP contribution in [0.4, 0.5) is 0 Å². The average molecular weight is 279 g/mol. The van der Waals surface area contributed by atoms with E-state index in [4.69, 9.17) is 4.74 Å². The number of hydrogen-bond acceptors (Lipinski definition) is 4. The van der Waals surface area contributed by atoms with Gasteiger partial charge in [-0.3, -0.25) is 9.48 Å². The zero-order valence-corrected chi connectivity index (χ0v) is 13.1. The van der Waals surface area contributed by atoms with E-state index in [2.05, 4.69) is 30.9 Å². The van der Waals surface area contributed by atoms with E-state index in [9.17, 15) is 4.79 Å². The minimum absolute atomic E-state index is 0.119. The fraction of sp³-hybridized carbons (Fsp3) is 0.800. The SMILES string of the molecule is COC(=O)C(c1nc(C(C)(C)C)nn1C)C1CCCC1. The number of carbonyl (C=O) groups excluding carboxylic acids is 1. The molecule has 1 unspecified atom stereocenters. The lowest BCUT2D eigenvalue weighted by Gasteiger charge is -2.19. The van der Waals surface area contributed by atoms with Gasteiger partial charge in [-0.05, 0) is 18.8 Å². The normalized spacial score (nSPS) is 18.2. The topological polar surface area (TPSA) is 57.0 Å². The minimum Gasteiger partial charge on any atom is -0.468 e. The Bertz CT molecular complexity index is 482. The molecule has 1 aliphatic carbocycles. The standard InChI is InChI=1S/C15H25N3O2/c1-15(2,3)14-16-12(18(4)17-14)11(13(19)20-5)10-8-6-7-9-10/h10-11H,6-9H2,1-5H3. The molecule has 1 atom stereocenters. The predicted molar refractivity (Wildman–Crippen MR) is 76.4 cm³/mol. The lowest BCUT2D eigenvalue weighted by molar-refractivity contribution is -0.144. The van der Waals surface area contributed by atoms with Crippen LogP contribution in [0.3, 0.4) is 0 Å². The van der Waals surface area contributed by atoms with Crippen LogP contribution in [0.25, 0.3) is 0 Å². The van der Waals surface area contributed by atoms with E-state index in [0.717, 1.165) is 24.5 Å². The third-order valence-corrected chi connectivity index (χ3v) is 4.07. The molecule has 0 saturated heterocycles. The van der Waals surface area contributed by atoms with Crippen LogP contribution in [0.5, 0.6) is 0 Å². The molecular weight excluding hydrogens is 254 g/mol. The van der Waals surface area contributed by atoms with Crippen molar-refractivity contribution < 1.29 is 9.53 Å². The highest BCUT2D eigenvalue weighted by Crippen LogP contribution is 2.37. The van der Waals surface area contributed by atoms with Crippen LogP contribution in [0.15, 0.2) is 0 Å². The first kappa shape index (κ1) is 15.0. The summed E-state index contributed by atoms with van der Waals surface area (Å²) < 4.78 is 6.76. The number of carbonyl (C=O) groups is 1. The van der Waals surface area contributed by atoms with Crippen molar-refractivity contribution >= 4 is 5.97 Å². The van der Waals surface area contributed by atoms with Crippen molar-refractivity contribution in [1.82, 2.24) is 14.8 Å². The number of methoxy groups -OCH3 is 1. The van der Waals surface area contributed by atoms with Crippen LogP contribution in [-0.2, 0) is 22.0 Å². The molecule has 5 nitrogen and oxygen atoms in total. The summed E-state index contributed by atoms with van der Waals surface area (Å²) in [5.74, 6) is 1.39. The van der Waals surface area contributed by atoms with Gasteiger partial charge in [0.15, 0.2) is 5.82 Å². The summed E-state index contributed by atoms with van der Waals surface area (Å²) in [4.78, 5) is 16.9. The van der Waals surface area contributed by atoms with Gasteiger partial charge in [-0.25, -0.2) is 4.98 Å². The van der Waals surface area contributed by atoms with Crippen molar-refractivity contribution in [2.45, 2.75) is 57.8 Å². The van der Waals surface area contributed by atoms with E-state index < -0.39 is 0 Å². The molecule has 112 valence electrons. The van der Waals surface area contributed by atoms with Crippen molar-refractivity contribution in [1.29, 1.82) is 0 Å². The van der Waals surface area contributed by atoms with E-state index >= 15 is 0 Å². The molecule has 1 saturated carbocycles. The highest BCUT2D eigenvalue weighted by atomic mass is 16.5. The molecular formula is C15H25N3O2. The van der Waals surface area contributed by atoms with Crippen LogP contribution >= 0.6 is 0 Å². The molecule has 0 aliphatic heterocycles. The lowest BCUT2D eigenvalue weighted by atomic mass is 9.90. The Morgan fingerprint density at radius 3 is 2.40 bits per heavy atom. The summed E-state index contributed by atoms with van der Waals surface area (Å²) in [6.45, 7) is 6.23. The summed E-state index contributed by atoms with van der Waals surface area (Å²) in [7, 11) is 3.31. The van der Waals surface area contributed by atoms with Gasteiger partial charge >= 0.3 is 5.97 Å². The van der Waals surface area contributed by atoms with Gasteiger partial charge in [0.1, 0.15) is 11.7 Å². The molecule has 0 N–H and O–H groups in total. The van der Waals surface area contributed by atoms with Gasteiger partial charge in [0.25, 0.3) is 0 Å². The Balaban J connectivity index is 2.38. The van der Waals surface area contributed by atoms with Crippen molar-refractivity contribution in [2.75, 3.05) is 7.11 Å². The quantitative estimate of drug-likeness (QED) is 0.798. The molecule has 0 spiro atoms. The van der Waals surface area contributed by atoms with Gasteiger partial charge in [-0.15, -0.1) is 0 Å². The first-order chi connectivity index (χ1) is 9.34. The van der Waals surface area contributed by atoms with Crippen LogP contribution in [0.1, 0.15) is 64.0 Å². The number of aromatic nitrogens is 3. The summed E-state index contributed by atoms with van der Waals surface area (Å²) >= 11 is 0. The molecule has 1 aromatic rings. The van der Waals surface area contributed by atoms with Gasteiger partial charge in [0, 0.05) is 12.5 Å². The number of aryl methyl sites for hydroxylation is 1. The molecule has 20 heavy (non-hydrogen) atoms. The number of ether oxygens (including phenoxy) is 1. The molecule has 0 radical (unpaired) electrons. The number of hydrogen-bond donors (Lipinski definition) is 0. The minimum atomic E-state index is -0.281. The van der Waals surface area contributed by atoms with Crippen molar-refractivity contribution in [3.8, 4) is 0 Å². The maximum atomic E-state index is 12.2. The Kier molecular flexibility index (Phi) is 4.16. The van der Waals surface area contributed by atoms with Gasteiger partial charge < -0.3 is 4.74 Å². The Hall–Kier alpha value is -1.39. The maximum Gasteiger partial charge on any atom is 0.316 e. The highest BCUT2D eigenvalue weighted by molar-refractivity contribution is 5.77. The largest absolute Gasteiger partial charge is 0.468 e. The number of nitrogens with zero attached hydrogens (tertiary/aromatic N) is 3. The third-order valence-electron chi connectivity index (χ3n) is 4.07. The molecule has 1 aliphatic rings. The Morgan fingerprint density at radius 2 is 1.95 bits per heavy atom. The second-order valence-corrected chi connectivity index (χ2v) is 6.71. The van der Waals surface area contributed by atoms with Gasteiger partial charge in [-0.2, -0.15) is 5.10 Å². The molecule has 2 rings (SSSR count). The summed E-state index contributed by atoms with van der Waals surface area (Å²) in [5.41, 5.74) is -0.119. The second kappa shape index (κ2) is 5.54. The molecule has 1 heterocycles. The van der Waals surface area contributed by atoms with Gasteiger partial charge in [-0.1, -0.05) is 33.6 Å².